The molecule has 1 unspecified atom stereocenters. The van der Waals surface area contributed by atoms with Crippen LogP contribution in [0.25, 0.3) is 0 Å². The normalized spacial score (nSPS) is 13.2. The zero-order chi connectivity index (χ0) is 9.68. The number of hydrogen-bond donors (Lipinski definition) is 1. The number of rotatable bonds is 5. The molecule has 0 saturated carbocycles. The van der Waals surface area contributed by atoms with E-state index in [0.717, 1.165) is 23.5 Å². The first-order valence-corrected chi connectivity index (χ1v) is 5.18. The maximum Gasteiger partial charge on any atom is 0.0929 e. The average Bonchev–Trinajstić information content (AvgIpc) is 2.49. The van der Waals surface area contributed by atoms with Crippen LogP contribution >= 0.6 is 11.3 Å². The van der Waals surface area contributed by atoms with Crippen molar-refractivity contribution in [3.63, 3.8) is 0 Å². The molecule has 0 radical (unpaired) electrons. The highest BCUT2D eigenvalue weighted by molar-refractivity contribution is 7.09. The van der Waals surface area contributed by atoms with Crippen LogP contribution < -0.4 is 0 Å². The summed E-state index contributed by atoms with van der Waals surface area (Å²) in [5.41, 5.74) is 1.06. The highest BCUT2D eigenvalue weighted by atomic mass is 32.1. The zero-order valence-corrected chi connectivity index (χ0v) is 8.80. The Bertz CT molecular complexity index is 250. The van der Waals surface area contributed by atoms with Crippen molar-refractivity contribution in [3.8, 4) is 0 Å². The van der Waals surface area contributed by atoms with Crippen molar-refractivity contribution in [2.75, 3.05) is 13.7 Å². The van der Waals surface area contributed by atoms with Gasteiger partial charge in [0, 0.05) is 24.6 Å². The van der Waals surface area contributed by atoms with Crippen LogP contribution in [-0.4, -0.2) is 29.9 Å². The SMILES string of the molecule is COCC(O)CCc1nc(C)cs1. The van der Waals surface area contributed by atoms with Gasteiger partial charge in [-0.05, 0) is 13.3 Å². The fourth-order valence-electron chi connectivity index (χ4n) is 1.08. The summed E-state index contributed by atoms with van der Waals surface area (Å²) >= 11 is 1.65. The maximum atomic E-state index is 9.37. The fourth-order valence-corrected chi connectivity index (χ4v) is 1.88. The van der Waals surface area contributed by atoms with Gasteiger partial charge in [0.05, 0.1) is 17.7 Å². The largest absolute Gasteiger partial charge is 0.391 e. The van der Waals surface area contributed by atoms with E-state index in [0.29, 0.717) is 6.61 Å². The van der Waals surface area contributed by atoms with E-state index in [9.17, 15) is 5.11 Å². The Kier molecular flexibility index (Phi) is 4.35. The molecule has 0 amide bonds. The second-order valence-electron chi connectivity index (χ2n) is 3.03. The number of methoxy groups -OCH3 is 1. The smallest absolute Gasteiger partial charge is 0.0929 e. The zero-order valence-electron chi connectivity index (χ0n) is 7.99. The number of nitrogens with zero attached hydrogens (tertiary/aromatic N) is 1. The Balaban J connectivity index is 2.26. The predicted molar refractivity (Wildman–Crippen MR) is 53.1 cm³/mol. The first-order valence-electron chi connectivity index (χ1n) is 4.30. The van der Waals surface area contributed by atoms with E-state index in [1.165, 1.54) is 0 Å². The Morgan fingerprint density at radius 1 is 1.69 bits per heavy atom. The Labute approximate surface area is 82.4 Å². The molecular formula is C9H15NO2S. The molecule has 0 spiro atoms. The van der Waals surface area contributed by atoms with Crippen LogP contribution in [0.3, 0.4) is 0 Å². The van der Waals surface area contributed by atoms with Gasteiger partial charge in [-0.25, -0.2) is 4.98 Å². The minimum atomic E-state index is -0.366. The highest BCUT2D eigenvalue weighted by Gasteiger charge is 2.05. The van der Waals surface area contributed by atoms with E-state index >= 15 is 0 Å². The van der Waals surface area contributed by atoms with Crippen LogP contribution in [0.15, 0.2) is 5.38 Å². The molecule has 74 valence electrons. The van der Waals surface area contributed by atoms with Gasteiger partial charge in [-0.15, -0.1) is 11.3 Å². The summed E-state index contributed by atoms with van der Waals surface area (Å²) in [5, 5.41) is 12.5. The molecule has 1 N–H and O–H groups in total. The number of aromatic nitrogens is 1. The van der Waals surface area contributed by atoms with Crippen molar-refractivity contribution in [2.45, 2.75) is 25.9 Å². The highest BCUT2D eigenvalue weighted by Crippen LogP contribution is 2.11. The molecule has 1 aromatic heterocycles. The van der Waals surface area contributed by atoms with Gasteiger partial charge in [-0.1, -0.05) is 0 Å². The summed E-state index contributed by atoms with van der Waals surface area (Å²) in [6, 6.07) is 0. The van der Waals surface area contributed by atoms with Crippen molar-refractivity contribution in [1.82, 2.24) is 4.98 Å². The molecule has 0 aliphatic rings. The summed E-state index contributed by atoms with van der Waals surface area (Å²) in [4.78, 5) is 4.31. The molecule has 3 nitrogen and oxygen atoms in total. The summed E-state index contributed by atoms with van der Waals surface area (Å²) in [6.07, 6.45) is 1.19. The molecule has 13 heavy (non-hydrogen) atoms. The molecule has 0 bridgehead atoms. The molecule has 1 heterocycles. The lowest BCUT2D eigenvalue weighted by molar-refractivity contribution is 0.0595. The summed E-state index contributed by atoms with van der Waals surface area (Å²) < 4.78 is 4.83. The van der Waals surface area contributed by atoms with Gasteiger partial charge < -0.3 is 9.84 Å². The number of aliphatic hydroxyl groups excluding tert-OH is 1. The van der Waals surface area contributed by atoms with Crippen molar-refractivity contribution >= 4 is 11.3 Å². The predicted octanol–water partition coefficient (Wildman–Crippen LogP) is 1.39. The third-order valence-corrected chi connectivity index (χ3v) is 2.74. The first kappa shape index (κ1) is 10.6. The van der Waals surface area contributed by atoms with Crippen molar-refractivity contribution < 1.29 is 9.84 Å². The lowest BCUT2D eigenvalue weighted by Gasteiger charge is -2.06. The average molecular weight is 201 g/mol. The molecule has 1 rings (SSSR count). The standard InChI is InChI=1S/C9H15NO2S/c1-7-6-13-9(10-7)4-3-8(11)5-12-2/h6,8,11H,3-5H2,1-2H3. The van der Waals surface area contributed by atoms with E-state index in [-0.39, 0.29) is 6.10 Å². The Morgan fingerprint density at radius 3 is 3.00 bits per heavy atom. The number of aryl methyl sites for hydroxylation is 2. The summed E-state index contributed by atoms with van der Waals surface area (Å²) in [6.45, 7) is 2.38. The van der Waals surface area contributed by atoms with Crippen molar-refractivity contribution in [2.24, 2.45) is 0 Å². The van der Waals surface area contributed by atoms with Crippen LogP contribution in [0.5, 0.6) is 0 Å². The monoisotopic (exact) mass is 201 g/mol. The molecule has 0 saturated heterocycles. The second kappa shape index (κ2) is 5.32. The molecule has 4 heteroatoms. The maximum absolute atomic E-state index is 9.37. The molecule has 0 aliphatic carbocycles. The minimum Gasteiger partial charge on any atom is -0.391 e. The number of ether oxygens (including phenoxy) is 1. The quantitative estimate of drug-likeness (QED) is 0.783. The number of thiazole rings is 1. The van der Waals surface area contributed by atoms with Gasteiger partial charge in [0.15, 0.2) is 0 Å². The lowest BCUT2D eigenvalue weighted by atomic mass is 10.2. The molecule has 0 aromatic carbocycles. The first-order chi connectivity index (χ1) is 6.22. The van der Waals surface area contributed by atoms with Gasteiger partial charge in [0.2, 0.25) is 0 Å². The molecular weight excluding hydrogens is 186 g/mol. The van der Waals surface area contributed by atoms with Crippen LogP contribution in [-0.2, 0) is 11.2 Å². The lowest BCUT2D eigenvalue weighted by Crippen LogP contribution is -2.14. The van der Waals surface area contributed by atoms with Crippen LogP contribution in [0.1, 0.15) is 17.1 Å². The summed E-state index contributed by atoms with van der Waals surface area (Å²) in [5.74, 6) is 0. The van der Waals surface area contributed by atoms with E-state index < -0.39 is 0 Å². The van der Waals surface area contributed by atoms with Gasteiger partial charge in [0.25, 0.3) is 0 Å². The minimum absolute atomic E-state index is 0.366. The van der Waals surface area contributed by atoms with Crippen LogP contribution in [0.4, 0.5) is 0 Å². The third-order valence-electron chi connectivity index (χ3n) is 1.72. The van der Waals surface area contributed by atoms with Crippen LogP contribution in [0.2, 0.25) is 0 Å². The van der Waals surface area contributed by atoms with Gasteiger partial charge >= 0.3 is 0 Å². The molecule has 0 aliphatic heterocycles. The third kappa shape index (κ3) is 3.85. The second-order valence-corrected chi connectivity index (χ2v) is 3.97. The van der Waals surface area contributed by atoms with Gasteiger partial charge in [-0.3, -0.25) is 0 Å². The van der Waals surface area contributed by atoms with E-state index in [1.807, 2.05) is 12.3 Å². The van der Waals surface area contributed by atoms with Gasteiger partial charge in [0.1, 0.15) is 0 Å². The fraction of sp³-hybridized carbons (Fsp3) is 0.667. The Hall–Kier alpha value is -0.450. The molecule has 1 aromatic rings. The number of hydrogen-bond acceptors (Lipinski definition) is 4. The van der Waals surface area contributed by atoms with E-state index in [4.69, 9.17) is 4.74 Å². The van der Waals surface area contributed by atoms with Gasteiger partial charge in [-0.2, -0.15) is 0 Å². The van der Waals surface area contributed by atoms with E-state index in [1.54, 1.807) is 18.4 Å². The molecule has 1 atom stereocenters. The summed E-state index contributed by atoms with van der Waals surface area (Å²) in [7, 11) is 1.59. The van der Waals surface area contributed by atoms with Crippen LogP contribution in [0, 0.1) is 6.92 Å². The van der Waals surface area contributed by atoms with Crippen molar-refractivity contribution in [3.05, 3.63) is 16.1 Å². The number of aliphatic hydroxyl groups is 1. The van der Waals surface area contributed by atoms with Crippen molar-refractivity contribution in [1.29, 1.82) is 0 Å². The van der Waals surface area contributed by atoms with E-state index in [2.05, 4.69) is 4.98 Å². The topological polar surface area (TPSA) is 42.4 Å². The molecule has 0 fully saturated rings. The Morgan fingerprint density at radius 2 is 2.46 bits per heavy atom.